The molecule has 0 N–H and O–H groups in total. The van der Waals surface area contributed by atoms with Crippen molar-refractivity contribution in [2.24, 2.45) is 0 Å². The zero-order valence-corrected chi connectivity index (χ0v) is 11.6. The Balaban J connectivity index is 2.08. The molecule has 3 rings (SSSR count). The van der Waals surface area contributed by atoms with Gasteiger partial charge in [0.25, 0.3) is 0 Å². The van der Waals surface area contributed by atoms with E-state index in [-0.39, 0.29) is 5.60 Å². The highest BCUT2D eigenvalue weighted by molar-refractivity contribution is 5.82. The lowest BCUT2D eigenvalue weighted by molar-refractivity contribution is 0.124. The second kappa shape index (κ2) is 4.42. The van der Waals surface area contributed by atoms with E-state index in [1.807, 2.05) is 6.07 Å². The number of hydrogen-bond donors (Lipinski definition) is 0. The number of benzene rings is 1. The number of rotatable bonds is 1. The summed E-state index contributed by atoms with van der Waals surface area (Å²) in [4.78, 5) is 0. The molecular formula is C17H19NO. The predicted molar refractivity (Wildman–Crippen MR) is 75.9 cm³/mol. The largest absolute Gasteiger partial charge is 0.482 e. The fraction of sp³-hybridized carbons (Fsp3) is 0.471. The molecule has 1 aliphatic carbocycles. The molecule has 2 aliphatic rings. The Morgan fingerprint density at radius 1 is 1.26 bits per heavy atom. The van der Waals surface area contributed by atoms with Crippen LogP contribution in [0.3, 0.4) is 0 Å². The van der Waals surface area contributed by atoms with Crippen molar-refractivity contribution >= 4 is 5.57 Å². The Labute approximate surface area is 114 Å². The molecule has 1 aromatic rings. The van der Waals surface area contributed by atoms with Crippen LogP contribution in [0.15, 0.2) is 24.3 Å². The highest BCUT2D eigenvalue weighted by atomic mass is 16.5. The lowest BCUT2D eigenvalue weighted by Gasteiger charge is -2.32. The molecular weight excluding hydrogens is 234 g/mol. The highest BCUT2D eigenvalue weighted by Gasteiger charge is 2.38. The third-order valence-corrected chi connectivity index (χ3v) is 4.25. The van der Waals surface area contributed by atoms with Gasteiger partial charge in [0.2, 0.25) is 0 Å². The van der Waals surface area contributed by atoms with Gasteiger partial charge in [0, 0.05) is 5.56 Å². The maximum absolute atomic E-state index is 9.44. The summed E-state index contributed by atoms with van der Waals surface area (Å²) >= 11 is 0. The summed E-state index contributed by atoms with van der Waals surface area (Å²) in [6.45, 7) is 4.33. The van der Waals surface area contributed by atoms with Crippen LogP contribution in [0.2, 0.25) is 0 Å². The summed E-state index contributed by atoms with van der Waals surface area (Å²) in [6.07, 6.45) is 6.50. The first-order valence-electron chi connectivity index (χ1n) is 7.10. The average Bonchev–Trinajstić information content (AvgIpc) is 2.85. The van der Waals surface area contributed by atoms with Crippen LogP contribution in [-0.4, -0.2) is 5.60 Å². The Bertz CT molecular complexity index is 571. The van der Waals surface area contributed by atoms with Gasteiger partial charge in [0.1, 0.15) is 11.4 Å². The average molecular weight is 253 g/mol. The van der Waals surface area contributed by atoms with Crippen LogP contribution in [0, 0.1) is 11.3 Å². The molecule has 1 aromatic carbocycles. The molecule has 0 amide bonds. The molecule has 98 valence electrons. The molecule has 0 saturated heterocycles. The van der Waals surface area contributed by atoms with Gasteiger partial charge in [-0.3, -0.25) is 0 Å². The summed E-state index contributed by atoms with van der Waals surface area (Å²) in [7, 11) is 0. The van der Waals surface area contributed by atoms with E-state index in [1.165, 1.54) is 18.4 Å². The van der Waals surface area contributed by atoms with Crippen LogP contribution in [0.25, 0.3) is 5.57 Å². The Morgan fingerprint density at radius 3 is 2.63 bits per heavy atom. The van der Waals surface area contributed by atoms with Crippen LogP contribution in [0.5, 0.6) is 5.75 Å². The first-order valence-corrected chi connectivity index (χ1v) is 7.10. The molecule has 2 heteroatoms. The van der Waals surface area contributed by atoms with Crippen molar-refractivity contribution in [2.75, 3.05) is 0 Å². The number of hydrogen-bond acceptors (Lipinski definition) is 2. The maximum Gasteiger partial charge on any atom is 0.129 e. The van der Waals surface area contributed by atoms with Crippen molar-refractivity contribution in [1.82, 2.24) is 0 Å². The molecule has 1 aliphatic heterocycles. The van der Waals surface area contributed by atoms with Crippen molar-refractivity contribution < 1.29 is 4.74 Å². The van der Waals surface area contributed by atoms with Gasteiger partial charge >= 0.3 is 0 Å². The quantitative estimate of drug-likeness (QED) is 0.742. The molecule has 1 spiro atoms. The Hall–Kier alpha value is -1.75. The van der Waals surface area contributed by atoms with Crippen LogP contribution in [0.1, 0.15) is 56.6 Å². The van der Waals surface area contributed by atoms with Gasteiger partial charge in [-0.05, 0) is 55.4 Å². The van der Waals surface area contributed by atoms with Crippen LogP contribution >= 0.6 is 0 Å². The standard InChI is InChI=1S/C17H19NO/c1-12(2)13-5-6-16-15(9-13)14(11-18)10-17(19-16)7-3-4-8-17/h5-6,9-10,12H,3-4,7-8H2,1-2H3. The lowest BCUT2D eigenvalue weighted by atomic mass is 9.89. The summed E-state index contributed by atoms with van der Waals surface area (Å²) in [5.74, 6) is 1.35. The van der Waals surface area contributed by atoms with Crippen molar-refractivity contribution in [3.05, 3.63) is 35.4 Å². The SMILES string of the molecule is CC(C)c1ccc2c(c1)C(C#N)=CC1(CCCC1)O2. The summed E-state index contributed by atoms with van der Waals surface area (Å²) in [5, 5.41) is 9.44. The van der Waals surface area contributed by atoms with Crippen molar-refractivity contribution in [3.63, 3.8) is 0 Å². The first-order chi connectivity index (χ1) is 9.13. The van der Waals surface area contributed by atoms with Gasteiger partial charge in [0.15, 0.2) is 0 Å². The van der Waals surface area contributed by atoms with E-state index in [2.05, 4.69) is 38.1 Å². The molecule has 0 radical (unpaired) electrons. The molecule has 1 fully saturated rings. The van der Waals surface area contributed by atoms with E-state index in [9.17, 15) is 5.26 Å². The second-order valence-corrected chi connectivity index (χ2v) is 5.95. The van der Waals surface area contributed by atoms with E-state index in [1.54, 1.807) is 0 Å². The fourth-order valence-electron chi connectivity index (χ4n) is 3.11. The fourth-order valence-corrected chi connectivity index (χ4v) is 3.11. The van der Waals surface area contributed by atoms with Gasteiger partial charge in [-0.15, -0.1) is 0 Å². The number of allylic oxidation sites excluding steroid dienone is 1. The van der Waals surface area contributed by atoms with Crippen molar-refractivity contribution in [2.45, 2.75) is 51.0 Å². The number of nitriles is 1. The van der Waals surface area contributed by atoms with E-state index in [0.717, 1.165) is 29.7 Å². The van der Waals surface area contributed by atoms with Gasteiger partial charge < -0.3 is 4.74 Å². The van der Waals surface area contributed by atoms with Gasteiger partial charge in [0.05, 0.1) is 11.6 Å². The summed E-state index contributed by atoms with van der Waals surface area (Å²) in [6, 6.07) is 8.62. The normalized spacial score (nSPS) is 19.8. The maximum atomic E-state index is 9.44. The molecule has 19 heavy (non-hydrogen) atoms. The smallest absolute Gasteiger partial charge is 0.129 e. The summed E-state index contributed by atoms with van der Waals surface area (Å²) < 4.78 is 6.22. The molecule has 1 heterocycles. The van der Waals surface area contributed by atoms with Crippen LogP contribution in [-0.2, 0) is 0 Å². The Morgan fingerprint density at radius 2 is 2.00 bits per heavy atom. The lowest BCUT2D eigenvalue weighted by Crippen LogP contribution is -2.33. The number of nitrogens with zero attached hydrogens (tertiary/aromatic N) is 1. The van der Waals surface area contributed by atoms with Crippen molar-refractivity contribution in [3.8, 4) is 11.8 Å². The van der Waals surface area contributed by atoms with Gasteiger partial charge in [-0.25, -0.2) is 0 Å². The van der Waals surface area contributed by atoms with Crippen LogP contribution < -0.4 is 4.74 Å². The van der Waals surface area contributed by atoms with Gasteiger partial charge in [-0.1, -0.05) is 19.9 Å². The summed E-state index contributed by atoms with van der Waals surface area (Å²) in [5.41, 5.74) is 2.79. The minimum Gasteiger partial charge on any atom is -0.482 e. The molecule has 2 nitrogen and oxygen atoms in total. The van der Waals surface area contributed by atoms with Gasteiger partial charge in [-0.2, -0.15) is 5.26 Å². The first kappa shape index (κ1) is 12.3. The highest BCUT2D eigenvalue weighted by Crippen LogP contribution is 2.44. The topological polar surface area (TPSA) is 33.0 Å². The second-order valence-electron chi connectivity index (χ2n) is 5.95. The van der Waals surface area contributed by atoms with E-state index < -0.39 is 0 Å². The zero-order valence-electron chi connectivity index (χ0n) is 11.6. The van der Waals surface area contributed by atoms with E-state index in [4.69, 9.17) is 4.74 Å². The molecule has 0 unspecified atom stereocenters. The van der Waals surface area contributed by atoms with Crippen molar-refractivity contribution in [1.29, 1.82) is 5.26 Å². The molecule has 0 aromatic heterocycles. The number of fused-ring (bicyclic) bond motifs is 1. The minimum atomic E-state index is -0.211. The van der Waals surface area contributed by atoms with E-state index in [0.29, 0.717) is 5.92 Å². The Kier molecular flexibility index (Phi) is 2.86. The number of ether oxygens (including phenoxy) is 1. The van der Waals surface area contributed by atoms with E-state index >= 15 is 0 Å². The third kappa shape index (κ3) is 2.04. The minimum absolute atomic E-state index is 0.211. The zero-order chi connectivity index (χ0) is 13.5. The third-order valence-electron chi connectivity index (χ3n) is 4.25. The van der Waals surface area contributed by atoms with Crippen LogP contribution in [0.4, 0.5) is 0 Å². The monoisotopic (exact) mass is 253 g/mol. The molecule has 0 bridgehead atoms. The predicted octanol–water partition coefficient (Wildman–Crippen LogP) is 4.42. The molecule has 0 atom stereocenters. The molecule has 1 saturated carbocycles.